The summed E-state index contributed by atoms with van der Waals surface area (Å²) in [7, 11) is 0. The second-order valence-electron chi connectivity index (χ2n) is 7.01. The number of nitrogens with two attached hydrogens (primary N) is 1. The summed E-state index contributed by atoms with van der Waals surface area (Å²) >= 11 is 0. The van der Waals surface area contributed by atoms with Crippen LogP contribution >= 0.6 is 0 Å². The molecule has 1 aliphatic rings. The SMILES string of the molecule is Cc1cccc(C(CN)N2CCC(C(C)(C)C)C2)c1. The average molecular weight is 260 g/mol. The maximum atomic E-state index is 6.05. The van der Waals surface area contributed by atoms with Crippen LogP contribution in [0.1, 0.15) is 44.4 Å². The van der Waals surface area contributed by atoms with Crippen LogP contribution in [0.5, 0.6) is 0 Å². The Kier molecular flexibility index (Phi) is 4.32. The lowest BCUT2D eigenvalue weighted by atomic mass is 9.80. The molecule has 2 atom stereocenters. The third-order valence-electron chi connectivity index (χ3n) is 4.54. The first kappa shape index (κ1) is 14.5. The van der Waals surface area contributed by atoms with Gasteiger partial charge >= 0.3 is 0 Å². The molecule has 1 heterocycles. The minimum Gasteiger partial charge on any atom is -0.329 e. The predicted molar refractivity (Wildman–Crippen MR) is 82.1 cm³/mol. The highest BCUT2D eigenvalue weighted by molar-refractivity contribution is 5.25. The van der Waals surface area contributed by atoms with Gasteiger partial charge < -0.3 is 5.73 Å². The molecule has 0 aromatic heterocycles. The van der Waals surface area contributed by atoms with Gasteiger partial charge in [0.25, 0.3) is 0 Å². The van der Waals surface area contributed by atoms with Crippen molar-refractivity contribution in [3.05, 3.63) is 35.4 Å². The Bertz CT molecular complexity index is 420. The van der Waals surface area contributed by atoms with Crippen molar-refractivity contribution in [1.29, 1.82) is 0 Å². The highest BCUT2D eigenvalue weighted by Crippen LogP contribution is 2.36. The molecule has 1 aromatic rings. The fourth-order valence-electron chi connectivity index (χ4n) is 3.15. The van der Waals surface area contributed by atoms with Crippen molar-refractivity contribution in [2.45, 2.75) is 40.2 Å². The van der Waals surface area contributed by atoms with E-state index in [0.717, 1.165) is 5.92 Å². The zero-order chi connectivity index (χ0) is 14.0. The lowest BCUT2D eigenvalue weighted by Crippen LogP contribution is -2.33. The number of hydrogen-bond donors (Lipinski definition) is 1. The van der Waals surface area contributed by atoms with Gasteiger partial charge in [0.15, 0.2) is 0 Å². The molecular weight excluding hydrogens is 232 g/mol. The smallest absolute Gasteiger partial charge is 0.0470 e. The second-order valence-corrected chi connectivity index (χ2v) is 7.01. The molecule has 0 spiro atoms. The monoisotopic (exact) mass is 260 g/mol. The van der Waals surface area contributed by atoms with E-state index < -0.39 is 0 Å². The quantitative estimate of drug-likeness (QED) is 0.903. The number of benzene rings is 1. The average Bonchev–Trinajstić information content (AvgIpc) is 2.79. The van der Waals surface area contributed by atoms with Gasteiger partial charge in [0.2, 0.25) is 0 Å². The number of aryl methyl sites for hydroxylation is 1. The van der Waals surface area contributed by atoms with Crippen molar-refractivity contribution in [3.63, 3.8) is 0 Å². The molecule has 2 N–H and O–H groups in total. The molecule has 1 saturated heterocycles. The number of hydrogen-bond acceptors (Lipinski definition) is 2. The van der Waals surface area contributed by atoms with Gasteiger partial charge in [-0.1, -0.05) is 50.6 Å². The van der Waals surface area contributed by atoms with E-state index >= 15 is 0 Å². The molecule has 2 unspecified atom stereocenters. The molecule has 2 heteroatoms. The Morgan fingerprint density at radius 1 is 1.37 bits per heavy atom. The van der Waals surface area contributed by atoms with Crippen LogP contribution < -0.4 is 5.73 Å². The maximum Gasteiger partial charge on any atom is 0.0470 e. The second kappa shape index (κ2) is 5.64. The highest BCUT2D eigenvalue weighted by Gasteiger charge is 2.34. The van der Waals surface area contributed by atoms with Gasteiger partial charge in [0.1, 0.15) is 0 Å². The molecular formula is C17H28N2. The Morgan fingerprint density at radius 3 is 2.63 bits per heavy atom. The van der Waals surface area contributed by atoms with E-state index in [1.165, 1.54) is 30.6 Å². The molecule has 1 fully saturated rings. The lowest BCUT2D eigenvalue weighted by molar-refractivity contribution is 0.197. The Labute approximate surface area is 118 Å². The molecule has 0 bridgehead atoms. The number of likely N-dealkylation sites (tertiary alicyclic amines) is 1. The Balaban J connectivity index is 2.12. The standard InChI is InChI=1S/C17H28N2/c1-13-6-5-7-14(10-13)16(11-18)19-9-8-15(12-19)17(2,3)4/h5-7,10,15-16H,8-9,11-12,18H2,1-4H3. The third kappa shape index (κ3) is 3.37. The summed E-state index contributed by atoms with van der Waals surface area (Å²) in [4.78, 5) is 2.57. The van der Waals surface area contributed by atoms with Crippen molar-refractivity contribution in [2.24, 2.45) is 17.1 Å². The van der Waals surface area contributed by atoms with Gasteiger partial charge in [0, 0.05) is 19.1 Å². The van der Waals surface area contributed by atoms with Crippen LogP contribution in [0.3, 0.4) is 0 Å². The number of rotatable bonds is 3. The van der Waals surface area contributed by atoms with Crippen LogP contribution in [0.2, 0.25) is 0 Å². The fourth-order valence-corrected chi connectivity index (χ4v) is 3.15. The fraction of sp³-hybridized carbons (Fsp3) is 0.647. The third-order valence-corrected chi connectivity index (χ3v) is 4.54. The molecule has 0 amide bonds. The van der Waals surface area contributed by atoms with Gasteiger partial charge in [-0.3, -0.25) is 4.90 Å². The normalized spacial score (nSPS) is 22.7. The van der Waals surface area contributed by atoms with E-state index in [0.29, 0.717) is 18.0 Å². The molecule has 0 aliphatic carbocycles. The van der Waals surface area contributed by atoms with Crippen LogP contribution in [0.4, 0.5) is 0 Å². The first-order valence-corrected chi connectivity index (χ1v) is 7.42. The van der Waals surface area contributed by atoms with Crippen molar-refractivity contribution in [2.75, 3.05) is 19.6 Å². The maximum absolute atomic E-state index is 6.05. The van der Waals surface area contributed by atoms with Crippen LogP contribution in [0.25, 0.3) is 0 Å². The molecule has 2 nitrogen and oxygen atoms in total. The van der Waals surface area contributed by atoms with E-state index in [1.54, 1.807) is 0 Å². The summed E-state index contributed by atoms with van der Waals surface area (Å²) in [6.45, 7) is 12.3. The van der Waals surface area contributed by atoms with Crippen LogP contribution in [0.15, 0.2) is 24.3 Å². The molecule has 1 aromatic carbocycles. The number of nitrogens with zero attached hydrogens (tertiary/aromatic N) is 1. The first-order chi connectivity index (χ1) is 8.91. The summed E-state index contributed by atoms with van der Waals surface area (Å²) < 4.78 is 0. The van der Waals surface area contributed by atoms with Crippen molar-refractivity contribution in [3.8, 4) is 0 Å². The van der Waals surface area contributed by atoms with Gasteiger partial charge in [0.05, 0.1) is 0 Å². The summed E-state index contributed by atoms with van der Waals surface area (Å²) in [6.07, 6.45) is 1.30. The molecule has 1 aliphatic heterocycles. The summed E-state index contributed by atoms with van der Waals surface area (Å²) in [5.74, 6) is 0.784. The lowest BCUT2D eigenvalue weighted by Gasteiger charge is -2.30. The minimum absolute atomic E-state index is 0.382. The van der Waals surface area contributed by atoms with E-state index in [1.807, 2.05) is 0 Å². The summed E-state index contributed by atoms with van der Waals surface area (Å²) in [5.41, 5.74) is 9.14. The zero-order valence-electron chi connectivity index (χ0n) is 12.8. The minimum atomic E-state index is 0.382. The van der Waals surface area contributed by atoms with E-state index in [2.05, 4.69) is 56.9 Å². The molecule has 0 saturated carbocycles. The molecule has 106 valence electrons. The van der Waals surface area contributed by atoms with E-state index in [4.69, 9.17) is 5.73 Å². The van der Waals surface area contributed by atoms with Crippen LogP contribution in [-0.2, 0) is 0 Å². The summed E-state index contributed by atoms with van der Waals surface area (Å²) in [6, 6.07) is 9.17. The largest absolute Gasteiger partial charge is 0.329 e. The van der Waals surface area contributed by atoms with E-state index in [9.17, 15) is 0 Å². The van der Waals surface area contributed by atoms with Crippen molar-refractivity contribution >= 4 is 0 Å². The van der Waals surface area contributed by atoms with Gasteiger partial charge in [-0.15, -0.1) is 0 Å². The van der Waals surface area contributed by atoms with E-state index in [-0.39, 0.29) is 0 Å². The predicted octanol–water partition coefficient (Wildman–Crippen LogP) is 3.36. The Morgan fingerprint density at radius 2 is 2.11 bits per heavy atom. The Hall–Kier alpha value is -0.860. The molecule has 2 rings (SSSR count). The van der Waals surface area contributed by atoms with Crippen molar-refractivity contribution < 1.29 is 0 Å². The first-order valence-electron chi connectivity index (χ1n) is 7.42. The van der Waals surface area contributed by atoms with Gasteiger partial charge in [-0.2, -0.15) is 0 Å². The van der Waals surface area contributed by atoms with Crippen molar-refractivity contribution in [1.82, 2.24) is 4.90 Å². The molecule has 0 radical (unpaired) electrons. The van der Waals surface area contributed by atoms with Gasteiger partial charge in [-0.25, -0.2) is 0 Å². The van der Waals surface area contributed by atoms with Gasteiger partial charge in [-0.05, 0) is 36.8 Å². The summed E-state index contributed by atoms with van der Waals surface area (Å²) in [5, 5.41) is 0. The van der Waals surface area contributed by atoms with Crippen LogP contribution in [0, 0.1) is 18.3 Å². The highest BCUT2D eigenvalue weighted by atomic mass is 15.2. The topological polar surface area (TPSA) is 29.3 Å². The zero-order valence-corrected chi connectivity index (χ0v) is 12.8. The molecule has 19 heavy (non-hydrogen) atoms. The van der Waals surface area contributed by atoms with Crippen LogP contribution in [-0.4, -0.2) is 24.5 Å².